The fourth-order valence-corrected chi connectivity index (χ4v) is 1.11. The lowest BCUT2D eigenvalue weighted by Gasteiger charge is -2.02. The molecule has 2 aromatic heterocycles. The van der Waals surface area contributed by atoms with Crippen LogP contribution in [0.5, 0.6) is 0 Å². The number of hydrogen-bond acceptors (Lipinski definition) is 3. The van der Waals surface area contributed by atoms with Gasteiger partial charge in [0.1, 0.15) is 0 Å². The summed E-state index contributed by atoms with van der Waals surface area (Å²) in [4.78, 5) is 18.5. The van der Waals surface area contributed by atoms with Crippen LogP contribution in [0.1, 0.15) is 10.4 Å². The molecule has 2 aromatic rings. The van der Waals surface area contributed by atoms with Crippen LogP contribution in [-0.2, 0) is 0 Å². The van der Waals surface area contributed by atoms with Crippen LogP contribution >= 0.6 is 0 Å². The van der Waals surface area contributed by atoms with Crippen molar-refractivity contribution in [3.8, 4) is 5.69 Å². The smallest absolute Gasteiger partial charge is 0.152 e. The summed E-state index contributed by atoms with van der Waals surface area (Å²) in [5.41, 5.74) is 1.35. The highest BCUT2D eigenvalue weighted by Gasteiger charge is 2.01. The summed E-state index contributed by atoms with van der Waals surface area (Å²) in [6, 6.07) is 1.67. The first-order valence-electron chi connectivity index (χ1n) is 3.79. The normalized spacial score (nSPS) is 9.85. The number of hydrogen-bond donors (Lipinski definition) is 0. The Hall–Kier alpha value is -1.97. The van der Waals surface area contributed by atoms with E-state index in [0.29, 0.717) is 5.56 Å². The molecule has 0 unspecified atom stereocenters. The van der Waals surface area contributed by atoms with Gasteiger partial charge in [0.15, 0.2) is 6.29 Å². The first kappa shape index (κ1) is 7.67. The minimum absolute atomic E-state index is 0.605. The Balaban J connectivity index is 2.57. The van der Waals surface area contributed by atoms with Gasteiger partial charge in [0.2, 0.25) is 0 Å². The van der Waals surface area contributed by atoms with E-state index in [1.807, 2.05) is 0 Å². The molecule has 64 valence electrons. The van der Waals surface area contributed by atoms with E-state index in [1.165, 1.54) is 0 Å². The van der Waals surface area contributed by atoms with Gasteiger partial charge in [-0.3, -0.25) is 9.78 Å². The molecular weight excluding hydrogens is 166 g/mol. The summed E-state index contributed by atoms with van der Waals surface area (Å²) in [5.74, 6) is 0. The third kappa shape index (κ3) is 1.33. The maximum atomic E-state index is 10.7. The lowest BCUT2D eigenvalue weighted by Crippen LogP contribution is -1.96. The topological polar surface area (TPSA) is 47.8 Å². The molecule has 0 bridgehead atoms. The predicted molar refractivity (Wildman–Crippen MR) is 46.7 cm³/mol. The molecule has 0 spiro atoms. The molecular formula is C9H7N3O. The van der Waals surface area contributed by atoms with Crippen LogP contribution in [0.3, 0.4) is 0 Å². The molecule has 13 heavy (non-hydrogen) atoms. The van der Waals surface area contributed by atoms with Crippen molar-refractivity contribution in [1.29, 1.82) is 0 Å². The van der Waals surface area contributed by atoms with Crippen LogP contribution in [0.4, 0.5) is 0 Å². The van der Waals surface area contributed by atoms with E-state index in [2.05, 4.69) is 9.97 Å². The largest absolute Gasteiger partial charge is 0.304 e. The zero-order valence-electron chi connectivity index (χ0n) is 6.79. The predicted octanol–water partition coefficient (Wildman–Crippen LogP) is 1.08. The molecule has 0 radical (unpaired) electrons. The van der Waals surface area contributed by atoms with E-state index in [1.54, 1.807) is 41.7 Å². The number of nitrogens with zero attached hydrogens (tertiary/aromatic N) is 3. The second kappa shape index (κ2) is 3.18. The molecule has 2 heterocycles. The van der Waals surface area contributed by atoms with Gasteiger partial charge in [-0.25, -0.2) is 4.98 Å². The van der Waals surface area contributed by atoms with Gasteiger partial charge < -0.3 is 4.57 Å². The Morgan fingerprint density at radius 1 is 1.31 bits per heavy atom. The highest BCUT2D eigenvalue weighted by molar-refractivity contribution is 5.80. The van der Waals surface area contributed by atoms with Crippen molar-refractivity contribution in [3.63, 3.8) is 0 Å². The summed E-state index contributed by atoms with van der Waals surface area (Å²) in [6.45, 7) is 0. The van der Waals surface area contributed by atoms with Crippen molar-refractivity contribution in [2.24, 2.45) is 0 Å². The lowest BCUT2D eigenvalue weighted by atomic mass is 10.2. The van der Waals surface area contributed by atoms with E-state index < -0.39 is 0 Å². The van der Waals surface area contributed by atoms with Crippen LogP contribution in [-0.4, -0.2) is 20.8 Å². The highest BCUT2D eigenvalue weighted by Crippen LogP contribution is 2.09. The van der Waals surface area contributed by atoms with E-state index in [9.17, 15) is 4.79 Å². The maximum absolute atomic E-state index is 10.7. The molecule has 0 amide bonds. The van der Waals surface area contributed by atoms with Crippen LogP contribution < -0.4 is 0 Å². The number of aldehydes is 1. The summed E-state index contributed by atoms with van der Waals surface area (Å²) in [6.07, 6.45) is 9.07. The Labute approximate surface area is 74.9 Å². The second-order valence-electron chi connectivity index (χ2n) is 2.52. The first-order valence-corrected chi connectivity index (χ1v) is 3.79. The summed E-state index contributed by atoms with van der Waals surface area (Å²) >= 11 is 0. The Bertz CT molecular complexity index is 409. The van der Waals surface area contributed by atoms with Gasteiger partial charge in [-0.15, -0.1) is 0 Å². The Morgan fingerprint density at radius 3 is 2.92 bits per heavy atom. The molecule has 0 atom stereocenters. The first-order chi connectivity index (χ1) is 6.42. The number of aromatic nitrogens is 3. The summed E-state index contributed by atoms with van der Waals surface area (Å²) in [7, 11) is 0. The van der Waals surface area contributed by atoms with Crippen molar-refractivity contribution in [2.75, 3.05) is 0 Å². The molecule has 0 saturated carbocycles. The minimum atomic E-state index is 0.605. The number of rotatable bonds is 2. The molecule has 0 aliphatic rings. The van der Waals surface area contributed by atoms with Crippen molar-refractivity contribution < 1.29 is 4.79 Å². The summed E-state index contributed by atoms with van der Waals surface area (Å²) < 4.78 is 1.75. The van der Waals surface area contributed by atoms with Crippen LogP contribution in [0, 0.1) is 0 Å². The fourth-order valence-electron chi connectivity index (χ4n) is 1.11. The molecule has 2 rings (SSSR count). The van der Waals surface area contributed by atoms with Gasteiger partial charge in [-0.05, 0) is 6.07 Å². The fraction of sp³-hybridized carbons (Fsp3) is 0. The molecule has 0 aliphatic heterocycles. The Kier molecular flexibility index (Phi) is 1.88. The minimum Gasteiger partial charge on any atom is -0.304 e. The maximum Gasteiger partial charge on any atom is 0.152 e. The monoisotopic (exact) mass is 173 g/mol. The number of imidazole rings is 1. The SMILES string of the molecule is O=Cc1ccncc1-n1ccnc1. The van der Waals surface area contributed by atoms with E-state index in [0.717, 1.165) is 12.0 Å². The van der Waals surface area contributed by atoms with Crippen molar-refractivity contribution >= 4 is 6.29 Å². The average molecular weight is 173 g/mol. The number of pyridine rings is 1. The van der Waals surface area contributed by atoms with E-state index in [4.69, 9.17) is 0 Å². The number of carbonyl (C=O) groups is 1. The van der Waals surface area contributed by atoms with Gasteiger partial charge >= 0.3 is 0 Å². The second-order valence-corrected chi connectivity index (χ2v) is 2.52. The van der Waals surface area contributed by atoms with Gasteiger partial charge in [-0.2, -0.15) is 0 Å². The van der Waals surface area contributed by atoms with Crippen molar-refractivity contribution in [3.05, 3.63) is 42.7 Å². The molecule has 0 aromatic carbocycles. The third-order valence-electron chi connectivity index (χ3n) is 1.74. The Morgan fingerprint density at radius 2 is 2.23 bits per heavy atom. The standard InChI is InChI=1S/C9H7N3O/c13-6-8-1-2-10-5-9(8)12-4-3-11-7-12/h1-7H. The van der Waals surface area contributed by atoms with Gasteiger partial charge in [-0.1, -0.05) is 0 Å². The van der Waals surface area contributed by atoms with Crippen LogP contribution in [0.15, 0.2) is 37.2 Å². The summed E-state index contributed by atoms with van der Waals surface area (Å²) in [5, 5.41) is 0. The van der Waals surface area contributed by atoms with Gasteiger partial charge in [0, 0.05) is 24.2 Å². The molecule has 0 fully saturated rings. The molecule has 0 aliphatic carbocycles. The average Bonchev–Trinajstić information content (AvgIpc) is 2.70. The van der Waals surface area contributed by atoms with Crippen LogP contribution in [0.25, 0.3) is 5.69 Å². The zero-order valence-corrected chi connectivity index (χ0v) is 6.79. The zero-order chi connectivity index (χ0) is 9.10. The molecule has 4 heteroatoms. The van der Waals surface area contributed by atoms with E-state index >= 15 is 0 Å². The molecule has 0 saturated heterocycles. The number of carbonyl (C=O) groups excluding carboxylic acids is 1. The molecule has 0 N–H and O–H groups in total. The lowest BCUT2D eigenvalue weighted by molar-refractivity contribution is 0.112. The van der Waals surface area contributed by atoms with E-state index in [-0.39, 0.29) is 0 Å². The van der Waals surface area contributed by atoms with Gasteiger partial charge in [0.25, 0.3) is 0 Å². The quantitative estimate of drug-likeness (QED) is 0.638. The van der Waals surface area contributed by atoms with Crippen LogP contribution in [0.2, 0.25) is 0 Å². The van der Waals surface area contributed by atoms with Gasteiger partial charge in [0.05, 0.1) is 18.2 Å². The van der Waals surface area contributed by atoms with Crippen molar-refractivity contribution in [1.82, 2.24) is 14.5 Å². The molecule has 4 nitrogen and oxygen atoms in total. The third-order valence-corrected chi connectivity index (χ3v) is 1.74. The van der Waals surface area contributed by atoms with Crippen molar-refractivity contribution in [2.45, 2.75) is 0 Å². The highest BCUT2D eigenvalue weighted by atomic mass is 16.1.